The van der Waals surface area contributed by atoms with Crippen LogP contribution in [0.3, 0.4) is 0 Å². The summed E-state index contributed by atoms with van der Waals surface area (Å²) in [6.45, 7) is 2.81. The lowest BCUT2D eigenvalue weighted by atomic mass is 10.1. The first-order chi connectivity index (χ1) is 13.3. The summed E-state index contributed by atoms with van der Waals surface area (Å²) in [5.41, 5.74) is 1.15. The fraction of sp³-hybridized carbons (Fsp3) is 0.316. The molecule has 2 rings (SSSR count). The van der Waals surface area contributed by atoms with Crippen LogP contribution in [-0.4, -0.2) is 64.6 Å². The molecule has 0 heterocycles. The molecule has 0 spiro atoms. The maximum Gasteiger partial charge on any atom is 0.157 e. The topological polar surface area (TPSA) is 163 Å². The normalized spacial score (nSPS) is 12.0. The van der Waals surface area contributed by atoms with E-state index >= 15 is 0 Å². The van der Waals surface area contributed by atoms with Crippen LogP contribution in [0.5, 0.6) is 23.0 Å². The summed E-state index contributed by atoms with van der Waals surface area (Å²) in [5.74, 6) is -0.791. The number of nitrogens with one attached hydrogen (secondary N) is 2. The third-order valence-corrected chi connectivity index (χ3v) is 3.56. The number of aromatic hydroxyl groups is 4. The van der Waals surface area contributed by atoms with Crippen LogP contribution >= 0.6 is 0 Å². The van der Waals surface area contributed by atoms with E-state index in [9.17, 15) is 10.2 Å². The van der Waals surface area contributed by atoms with Crippen LogP contribution in [0.4, 0.5) is 0 Å². The first kappa shape index (κ1) is 25.1. The van der Waals surface area contributed by atoms with Crippen molar-refractivity contribution in [1.29, 1.82) is 0 Å². The Bertz CT molecular complexity index is 653. The van der Waals surface area contributed by atoms with Crippen molar-refractivity contribution < 1.29 is 35.4 Å². The highest BCUT2D eigenvalue weighted by molar-refractivity contribution is 5.42. The molecule has 0 aliphatic rings. The second-order valence-electron chi connectivity index (χ2n) is 5.64. The van der Waals surface area contributed by atoms with E-state index in [1.807, 2.05) is 6.79 Å². The summed E-state index contributed by atoms with van der Waals surface area (Å²) in [6, 6.07) is 8.52. The predicted octanol–water partition coefficient (Wildman–Crippen LogP) is 0.516. The van der Waals surface area contributed by atoms with E-state index in [-0.39, 0.29) is 23.0 Å². The number of phenolic OH excluding ortho intramolecular Hbond substituents is 4. The zero-order valence-electron chi connectivity index (χ0n) is 15.8. The lowest BCUT2D eigenvalue weighted by molar-refractivity contribution is -0.0980. The van der Waals surface area contributed by atoms with Gasteiger partial charge in [-0.2, -0.15) is 0 Å². The van der Waals surface area contributed by atoms with Gasteiger partial charge in [0.25, 0.3) is 0 Å². The molecule has 28 heavy (non-hydrogen) atoms. The molecule has 9 nitrogen and oxygen atoms in total. The quantitative estimate of drug-likeness (QED) is 0.325. The number of benzene rings is 2. The van der Waals surface area contributed by atoms with Gasteiger partial charge in [0, 0.05) is 13.1 Å². The molecule has 0 fully saturated rings. The van der Waals surface area contributed by atoms with Crippen LogP contribution in [-0.2, 0) is 4.79 Å². The summed E-state index contributed by atoms with van der Waals surface area (Å²) in [7, 11) is 3.45. The highest BCUT2D eigenvalue weighted by atomic mass is 16.3. The van der Waals surface area contributed by atoms with Crippen molar-refractivity contribution >= 4 is 6.79 Å². The highest BCUT2D eigenvalue weighted by Gasteiger charge is 2.09. The van der Waals surface area contributed by atoms with Crippen molar-refractivity contribution in [2.75, 3.05) is 27.2 Å². The predicted molar refractivity (Wildman–Crippen MR) is 104 cm³/mol. The molecule has 2 aromatic carbocycles. The fourth-order valence-electron chi connectivity index (χ4n) is 2.12. The molecule has 0 radical (unpaired) electrons. The van der Waals surface area contributed by atoms with Crippen LogP contribution in [0.1, 0.15) is 23.3 Å². The number of likely N-dealkylation sites (N-methyl/N-ethyl adjacent to an activating group) is 2. The number of aliphatic hydroxyl groups excluding tert-OH is 2. The lowest BCUT2D eigenvalue weighted by Crippen LogP contribution is -2.16. The maximum atomic E-state index is 9.48. The van der Waals surface area contributed by atoms with Crippen LogP contribution in [0.25, 0.3) is 0 Å². The standard InChI is InChI=1S/2C9H13NO3.CH2O/c2*1-10-5-9(13)6-2-3-7(11)8(12)4-6;1-2/h2*2-4,9-13H,5H2,1H3;1H2/t2*9-;/m00./s1. The summed E-state index contributed by atoms with van der Waals surface area (Å²) >= 11 is 0. The van der Waals surface area contributed by atoms with Gasteiger partial charge < -0.3 is 46.1 Å². The van der Waals surface area contributed by atoms with Gasteiger partial charge in [0.15, 0.2) is 23.0 Å². The Balaban J connectivity index is 0.000000478. The van der Waals surface area contributed by atoms with Crippen molar-refractivity contribution in [3.05, 3.63) is 47.5 Å². The summed E-state index contributed by atoms with van der Waals surface area (Å²) in [4.78, 5) is 8.00. The van der Waals surface area contributed by atoms with Crippen LogP contribution in [0.2, 0.25) is 0 Å². The molecule has 2 aromatic rings. The van der Waals surface area contributed by atoms with Gasteiger partial charge in [-0.1, -0.05) is 12.1 Å². The third kappa shape index (κ3) is 8.23. The van der Waals surface area contributed by atoms with Crippen molar-refractivity contribution in [1.82, 2.24) is 10.6 Å². The van der Waals surface area contributed by atoms with Gasteiger partial charge in [0.05, 0.1) is 12.2 Å². The number of carbonyl (C=O) groups is 1. The van der Waals surface area contributed by atoms with E-state index < -0.39 is 12.2 Å². The van der Waals surface area contributed by atoms with Gasteiger partial charge in [-0.3, -0.25) is 0 Å². The maximum absolute atomic E-state index is 9.48. The van der Waals surface area contributed by atoms with Gasteiger partial charge in [-0.25, -0.2) is 0 Å². The first-order valence-electron chi connectivity index (χ1n) is 8.28. The average Bonchev–Trinajstić information content (AvgIpc) is 2.68. The Kier molecular flexibility index (Phi) is 12.0. The lowest BCUT2D eigenvalue weighted by Gasteiger charge is -2.10. The van der Waals surface area contributed by atoms with Gasteiger partial charge in [-0.15, -0.1) is 0 Å². The van der Waals surface area contributed by atoms with E-state index in [0.29, 0.717) is 24.2 Å². The minimum absolute atomic E-state index is 0.180. The number of hydrogen-bond donors (Lipinski definition) is 8. The second kappa shape index (κ2) is 13.3. The zero-order chi connectivity index (χ0) is 21.7. The third-order valence-electron chi connectivity index (χ3n) is 3.56. The van der Waals surface area contributed by atoms with E-state index in [0.717, 1.165) is 0 Å². The summed E-state index contributed by atoms with van der Waals surface area (Å²) < 4.78 is 0. The van der Waals surface area contributed by atoms with Gasteiger partial charge in [0.2, 0.25) is 0 Å². The fourth-order valence-corrected chi connectivity index (χ4v) is 2.12. The average molecular weight is 396 g/mol. The molecule has 9 heteroatoms. The molecule has 0 amide bonds. The summed E-state index contributed by atoms with van der Waals surface area (Å²) in [5, 5.41) is 60.9. The molecule has 0 saturated carbocycles. The van der Waals surface area contributed by atoms with Crippen molar-refractivity contribution in [2.45, 2.75) is 12.2 Å². The van der Waals surface area contributed by atoms with Crippen LogP contribution in [0, 0.1) is 0 Å². The largest absolute Gasteiger partial charge is 0.504 e. The molecule has 0 aliphatic carbocycles. The molecule has 0 aliphatic heterocycles. The molecule has 8 N–H and O–H groups in total. The van der Waals surface area contributed by atoms with E-state index in [1.54, 1.807) is 26.2 Å². The van der Waals surface area contributed by atoms with Gasteiger partial charge >= 0.3 is 0 Å². The number of carbonyl (C=O) groups excluding carboxylic acids is 1. The molecule has 0 aromatic heterocycles. The van der Waals surface area contributed by atoms with E-state index in [2.05, 4.69) is 10.6 Å². The Hall–Kier alpha value is -2.85. The molecule has 156 valence electrons. The minimum Gasteiger partial charge on any atom is -0.504 e. The van der Waals surface area contributed by atoms with Gasteiger partial charge in [-0.05, 0) is 49.5 Å². The molecule has 2 atom stereocenters. The van der Waals surface area contributed by atoms with Crippen LogP contribution in [0.15, 0.2) is 36.4 Å². The molecule has 0 bridgehead atoms. The molecule has 0 unspecified atom stereocenters. The van der Waals surface area contributed by atoms with E-state index in [4.69, 9.17) is 25.2 Å². The number of aliphatic hydroxyl groups is 2. The Labute approximate surface area is 163 Å². The highest BCUT2D eigenvalue weighted by Crippen LogP contribution is 2.28. The molecule has 0 saturated heterocycles. The number of hydrogen-bond acceptors (Lipinski definition) is 9. The SMILES string of the molecule is C=O.CNC[C@H](O)c1ccc(O)c(O)c1.CNC[C@H](O)c1ccc(O)c(O)c1. The van der Waals surface area contributed by atoms with Crippen molar-refractivity contribution in [3.8, 4) is 23.0 Å². The van der Waals surface area contributed by atoms with Crippen molar-refractivity contribution in [2.24, 2.45) is 0 Å². The van der Waals surface area contributed by atoms with Crippen molar-refractivity contribution in [3.63, 3.8) is 0 Å². The second-order valence-corrected chi connectivity index (χ2v) is 5.64. The first-order valence-corrected chi connectivity index (χ1v) is 8.28. The Morgan fingerprint density at radius 1 is 0.714 bits per heavy atom. The number of phenols is 4. The summed E-state index contributed by atoms with van der Waals surface area (Å²) in [6.07, 6.45) is -1.34. The van der Waals surface area contributed by atoms with Crippen LogP contribution < -0.4 is 10.6 Å². The minimum atomic E-state index is -0.670. The zero-order valence-corrected chi connectivity index (χ0v) is 15.8. The smallest absolute Gasteiger partial charge is 0.157 e. The molecular formula is C19H28N2O7. The monoisotopic (exact) mass is 396 g/mol. The molecular weight excluding hydrogens is 368 g/mol. The Morgan fingerprint density at radius 3 is 1.29 bits per heavy atom. The van der Waals surface area contributed by atoms with E-state index in [1.165, 1.54) is 24.3 Å². The Morgan fingerprint density at radius 2 is 1.04 bits per heavy atom. The van der Waals surface area contributed by atoms with Gasteiger partial charge in [0.1, 0.15) is 6.79 Å². The number of rotatable bonds is 6.